The van der Waals surface area contributed by atoms with E-state index in [0.717, 1.165) is 28.1 Å². The number of hydrogen-bond donors (Lipinski definition) is 1. The Kier molecular flexibility index (Phi) is 3.91. The van der Waals surface area contributed by atoms with Gasteiger partial charge >= 0.3 is 0 Å². The molecule has 3 heteroatoms. The van der Waals surface area contributed by atoms with Crippen molar-refractivity contribution in [2.24, 2.45) is 0 Å². The molecule has 0 aliphatic carbocycles. The molecular weight excluding hydrogens is 240 g/mol. The van der Waals surface area contributed by atoms with Crippen LogP contribution in [-0.4, -0.2) is 0 Å². The van der Waals surface area contributed by atoms with Gasteiger partial charge in [0.25, 0.3) is 0 Å². The van der Waals surface area contributed by atoms with Crippen LogP contribution in [0, 0.1) is 18.3 Å². The van der Waals surface area contributed by atoms with Gasteiger partial charge in [0.05, 0.1) is 11.6 Å². The Morgan fingerprint density at radius 1 is 1.22 bits per heavy atom. The lowest BCUT2D eigenvalue weighted by Crippen LogP contribution is -1.90. The first-order valence-corrected chi connectivity index (χ1v) is 6.66. The van der Waals surface area contributed by atoms with Gasteiger partial charge < -0.3 is 5.73 Å². The fourth-order valence-corrected chi connectivity index (χ4v) is 2.65. The molecule has 2 aromatic rings. The molecule has 0 spiro atoms. The van der Waals surface area contributed by atoms with Crippen LogP contribution in [0.3, 0.4) is 0 Å². The maximum Gasteiger partial charge on any atom is 0.0994 e. The molecule has 0 fully saturated rings. The van der Waals surface area contributed by atoms with Crippen molar-refractivity contribution in [3.63, 3.8) is 0 Å². The zero-order valence-electron chi connectivity index (χ0n) is 10.2. The quantitative estimate of drug-likeness (QED) is 0.670. The third kappa shape index (κ3) is 2.85. The van der Waals surface area contributed by atoms with Gasteiger partial charge in [-0.05, 0) is 42.3 Å². The molecule has 2 rings (SSSR count). The van der Waals surface area contributed by atoms with E-state index in [4.69, 9.17) is 11.0 Å². The molecule has 0 radical (unpaired) electrons. The molecule has 0 heterocycles. The molecule has 0 saturated heterocycles. The molecule has 0 aliphatic heterocycles. The standard InChI is InChI=1S/C15H14N2S/c1-11-8-14(6-7-15(11)17)18-10-13-5-3-2-4-12(13)9-16/h2-8H,10,17H2,1H3. The third-order valence-electron chi connectivity index (χ3n) is 2.77. The second kappa shape index (κ2) is 5.61. The molecule has 0 amide bonds. The lowest BCUT2D eigenvalue weighted by Gasteiger charge is -2.06. The molecular formula is C15H14N2S. The van der Waals surface area contributed by atoms with Crippen LogP contribution >= 0.6 is 11.8 Å². The average molecular weight is 254 g/mol. The Morgan fingerprint density at radius 3 is 2.72 bits per heavy atom. The van der Waals surface area contributed by atoms with E-state index in [-0.39, 0.29) is 0 Å². The van der Waals surface area contributed by atoms with Crippen LogP contribution in [0.25, 0.3) is 0 Å². The summed E-state index contributed by atoms with van der Waals surface area (Å²) in [5, 5.41) is 9.02. The second-order valence-electron chi connectivity index (χ2n) is 4.08. The van der Waals surface area contributed by atoms with Gasteiger partial charge in [-0.15, -0.1) is 11.8 Å². The summed E-state index contributed by atoms with van der Waals surface area (Å²) in [6, 6.07) is 15.9. The molecule has 2 nitrogen and oxygen atoms in total. The number of anilines is 1. The number of nitrogens with zero attached hydrogens (tertiary/aromatic N) is 1. The van der Waals surface area contributed by atoms with Gasteiger partial charge in [-0.1, -0.05) is 18.2 Å². The Balaban J connectivity index is 2.12. The van der Waals surface area contributed by atoms with E-state index < -0.39 is 0 Å². The molecule has 18 heavy (non-hydrogen) atoms. The predicted molar refractivity (Wildman–Crippen MR) is 76.3 cm³/mol. The largest absolute Gasteiger partial charge is 0.399 e. The minimum absolute atomic E-state index is 0.747. The zero-order chi connectivity index (χ0) is 13.0. The molecule has 0 saturated carbocycles. The second-order valence-corrected chi connectivity index (χ2v) is 5.12. The van der Waals surface area contributed by atoms with Crippen LogP contribution in [-0.2, 0) is 5.75 Å². The topological polar surface area (TPSA) is 49.8 Å². The summed E-state index contributed by atoms with van der Waals surface area (Å²) in [6.45, 7) is 2.00. The van der Waals surface area contributed by atoms with Crippen LogP contribution in [0.2, 0.25) is 0 Å². The number of nitrogen functional groups attached to an aromatic ring is 1. The Bertz CT molecular complexity index is 600. The number of benzene rings is 2. The van der Waals surface area contributed by atoms with E-state index in [2.05, 4.69) is 12.1 Å². The highest BCUT2D eigenvalue weighted by molar-refractivity contribution is 7.98. The van der Waals surface area contributed by atoms with Gasteiger partial charge in [-0.25, -0.2) is 0 Å². The van der Waals surface area contributed by atoms with Crippen LogP contribution in [0.5, 0.6) is 0 Å². The zero-order valence-corrected chi connectivity index (χ0v) is 11.0. The van der Waals surface area contributed by atoms with Gasteiger partial charge in [-0.3, -0.25) is 0 Å². The van der Waals surface area contributed by atoms with Gasteiger partial charge in [0, 0.05) is 16.3 Å². The van der Waals surface area contributed by atoms with Gasteiger partial charge in [-0.2, -0.15) is 5.26 Å². The SMILES string of the molecule is Cc1cc(SCc2ccccc2C#N)ccc1N. The molecule has 2 aromatic carbocycles. The lowest BCUT2D eigenvalue weighted by molar-refractivity contribution is 1.32. The highest BCUT2D eigenvalue weighted by Crippen LogP contribution is 2.26. The summed E-state index contributed by atoms with van der Waals surface area (Å²) in [5.74, 6) is 0.799. The van der Waals surface area contributed by atoms with Crippen molar-refractivity contribution in [3.8, 4) is 6.07 Å². The molecule has 0 aromatic heterocycles. The first-order chi connectivity index (χ1) is 8.70. The van der Waals surface area contributed by atoms with E-state index in [1.807, 2.05) is 43.3 Å². The summed E-state index contributed by atoms with van der Waals surface area (Å²) in [7, 11) is 0. The summed E-state index contributed by atoms with van der Waals surface area (Å²) >= 11 is 1.72. The monoisotopic (exact) mass is 254 g/mol. The van der Waals surface area contributed by atoms with Gasteiger partial charge in [0.15, 0.2) is 0 Å². The van der Waals surface area contributed by atoms with Crippen LogP contribution < -0.4 is 5.73 Å². The minimum atomic E-state index is 0.747. The number of aryl methyl sites for hydroxylation is 1. The minimum Gasteiger partial charge on any atom is -0.399 e. The number of nitrogens with two attached hydrogens (primary N) is 1. The maximum atomic E-state index is 9.02. The van der Waals surface area contributed by atoms with Crippen molar-refractivity contribution in [1.82, 2.24) is 0 Å². The smallest absolute Gasteiger partial charge is 0.0994 e. The summed E-state index contributed by atoms with van der Waals surface area (Å²) in [6.07, 6.45) is 0. The van der Waals surface area contributed by atoms with Gasteiger partial charge in [0.2, 0.25) is 0 Å². The van der Waals surface area contributed by atoms with Crippen molar-refractivity contribution in [2.45, 2.75) is 17.6 Å². The van der Waals surface area contributed by atoms with Crippen molar-refractivity contribution < 1.29 is 0 Å². The van der Waals surface area contributed by atoms with Crippen molar-refractivity contribution in [1.29, 1.82) is 5.26 Å². The summed E-state index contributed by atoms with van der Waals surface area (Å²) < 4.78 is 0. The number of nitriles is 1. The number of hydrogen-bond acceptors (Lipinski definition) is 3. The van der Waals surface area contributed by atoms with Gasteiger partial charge in [0.1, 0.15) is 0 Å². The molecule has 0 aliphatic rings. The van der Waals surface area contributed by atoms with Crippen molar-refractivity contribution in [3.05, 3.63) is 59.2 Å². The maximum absolute atomic E-state index is 9.02. The highest BCUT2D eigenvalue weighted by Gasteiger charge is 2.03. The van der Waals surface area contributed by atoms with Crippen LogP contribution in [0.4, 0.5) is 5.69 Å². The van der Waals surface area contributed by atoms with Crippen molar-refractivity contribution >= 4 is 17.4 Å². The number of rotatable bonds is 3. The normalized spacial score (nSPS) is 10.0. The van der Waals surface area contributed by atoms with E-state index in [1.54, 1.807) is 11.8 Å². The summed E-state index contributed by atoms with van der Waals surface area (Å²) in [4.78, 5) is 1.18. The number of thioether (sulfide) groups is 1. The predicted octanol–water partition coefficient (Wildman–Crippen LogP) is 3.74. The van der Waals surface area contributed by atoms with Crippen LogP contribution in [0.1, 0.15) is 16.7 Å². The highest BCUT2D eigenvalue weighted by atomic mass is 32.2. The Labute approximate surface area is 111 Å². The van der Waals surface area contributed by atoms with Crippen LogP contribution in [0.15, 0.2) is 47.4 Å². The molecule has 0 unspecified atom stereocenters. The van der Waals surface area contributed by atoms with E-state index in [9.17, 15) is 0 Å². The third-order valence-corrected chi connectivity index (χ3v) is 3.82. The van der Waals surface area contributed by atoms with E-state index >= 15 is 0 Å². The van der Waals surface area contributed by atoms with E-state index in [1.165, 1.54) is 4.90 Å². The first kappa shape index (κ1) is 12.5. The first-order valence-electron chi connectivity index (χ1n) is 5.67. The van der Waals surface area contributed by atoms with E-state index in [0.29, 0.717) is 0 Å². The Morgan fingerprint density at radius 2 is 2.00 bits per heavy atom. The fraction of sp³-hybridized carbons (Fsp3) is 0.133. The molecule has 0 bridgehead atoms. The molecule has 90 valence electrons. The lowest BCUT2D eigenvalue weighted by atomic mass is 10.1. The molecule has 2 N–H and O–H groups in total. The molecule has 0 atom stereocenters. The van der Waals surface area contributed by atoms with Crippen molar-refractivity contribution in [2.75, 3.05) is 5.73 Å². The fourth-order valence-electron chi connectivity index (χ4n) is 1.65. The average Bonchev–Trinajstić information content (AvgIpc) is 2.40. The summed E-state index contributed by atoms with van der Waals surface area (Å²) in [5.41, 5.74) is 9.51. The Hall–Kier alpha value is -1.92.